The van der Waals surface area contributed by atoms with Crippen LogP contribution in [0.1, 0.15) is 24.0 Å². The molecule has 7 nitrogen and oxygen atoms in total. The molecule has 0 bridgehead atoms. The average Bonchev–Trinajstić information content (AvgIpc) is 2.68. The molecule has 0 aliphatic heterocycles. The van der Waals surface area contributed by atoms with Crippen LogP contribution in [0.5, 0.6) is 0 Å². The third-order valence-electron chi connectivity index (χ3n) is 4.05. The molecule has 152 valence electrons. The number of benzene rings is 1. The normalized spacial score (nSPS) is 10.9. The summed E-state index contributed by atoms with van der Waals surface area (Å²) in [7, 11) is 1.75. The summed E-state index contributed by atoms with van der Waals surface area (Å²) in [6.45, 7) is 1.57. The third kappa shape index (κ3) is 8.83. The number of rotatable bonds is 9. The van der Waals surface area contributed by atoms with Gasteiger partial charge in [0.1, 0.15) is 5.15 Å². The first-order valence-corrected chi connectivity index (χ1v) is 9.24. The molecule has 0 amide bonds. The lowest BCUT2D eigenvalue weighted by Crippen LogP contribution is -2.38. The van der Waals surface area contributed by atoms with Crippen molar-refractivity contribution < 1.29 is 4.92 Å². The summed E-state index contributed by atoms with van der Waals surface area (Å²) in [6.07, 6.45) is 5.50. The number of nitrogens with zero attached hydrogens (tertiary/aromatic N) is 3. The van der Waals surface area contributed by atoms with Crippen LogP contribution >= 0.6 is 35.6 Å². The summed E-state index contributed by atoms with van der Waals surface area (Å²) in [5.41, 5.74) is 2.36. The van der Waals surface area contributed by atoms with Crippen LogP contribution in [-0.2, 0) is 12.8 Å². The fraction of sp³-hybridized carbons (Fsp3) is 0.368. The number of aromatic nitrogens is 1. The Morgan fingerprint density at radius 3 is 2.36 bits per heavy atom. The number of nitrogens with one attached hydrogen (secondary N) is 2. The monoisotopic (exact) mass is 517 g/mol. The molecule has 0 unspecified atom stereocenters. The number of halogens is 2. The molecule has 9 heteroatoms. The minimum absolute atomic E-state index is 0. The van der Waals surface area contributed by atoms with Gasteiger partial charge in [0.25, 0.3) is 5.69 Å². The van der Waals surface area contributed by atoms with Crippen LogP contribution in [-0.4, -0.2) is 36.0 Å². The number of aryl methyl sites for hydroxylation is 1. The summed E-state index contributed by atoms with van der Waals surface area (Å²) in [6, 6.07) is 10.5. The Bertz CT molecular complexity index is 754. The highest BCUT2D eigenvalue weighted by atomic mass is 127. The van der Waals surface area contributed by atoms with Crippen molar-refractivity contribution in [3.8, 4) is 0 Å². The van der Waals surface area contributed by atoms with Crippen LogP contribution in [0.2, 0.25) is 5.15 Å². The van der Waals surface area contributed by atoms with Crippen LogP contribution in [0.4, 0.5) is 5.69 Å². The second-order valence-corrected chi connectivity index (χ2v) is 6.43. The van der Waals surface area contributed by atoms with Crippen molar-refractivity contribution in [1.29, 1.82) is 0 Å². The van der Waals surface area contributed by atoms with Gasteiger partial charge in [0.15, 0.2) is 5.96 Å². The number of guanidine groups is 1. The van der Waals surface area contributed by atoms with Crippen LogP contribution in [0.25, 0.3) is 0 Å². The first-order valence-electron chi connectivity index (χ1n) is 8.87. The van der Waals surface area contributed by atoms with E-state index in [0.29, 0.717) is 5.15 Å². The van der Waals surface area contributed by atoms with E-state index in [9.17, 15) is 10.1 Å². The van der Waals surface area contributed by atoms with Gasteiger partial charge in [0, 0.05) is 38.5 Å². The Balaban J connectivity index is 0.00000392. The summed E-state index contributed by atoms with van der Waals surface area (Å²) >= 11 is 5.78. The van der Waals surface area contributed by atoms with E-state index in [1.807, 2.05) is 18.2 Å². The number of pyridine rings is 1. The predicted molar refractivity (Wildman–Crippen MR) is 124 cm³/mol. The van der Waals surface area contributed by atoms with Crippen LogP contribution in [0.15, 0.2) is 47.6 Å². The van der Waals surface area contributed by atoms with Crippen LogP contribution < -0.4 is 10.6 Å². The Morgan fingerprint density at radius 1 is 1.07 bits per heavy atom. The molecule has 1 aromatic heterocycles. The molecule has 0 aliphatic rings. The molecule has 0 saturated heterocycles. The Labute approximate surface area is 187 Å². The molecular weight excluding hydrogens is 493 g/mol. The molecule has 0 fully saturated rings. The van der Waals surface area contributed by atoms with Gasteiger partial charge in [-0.25, -0.2) is 4.98 Å². The minimum atomic E-state index is -0.379. The molecule has 0 aliphatic carbocycles. The van der Waals surface area contributed by atoms with Crippen molar-refractivity contribution in [3.63, 3.8) is 0 Å². The fourth-order valence-electron chi connectivity index (χ4n) is 2.55. The van der Waals surface area contributed by atoms with Gasteiger partial charge < -0.3 is 10.6 Å². The van der Waals surface area contributed by atoms with Gasteiger partial charge in [-0.3, -0.25) is 15.1 Å². The molecule has 2 rings (SSSR count). The number of non-ortho nitro benzene ring substituents is 1. The SMILES string of the molecule is CN=C(NCCCCc1ccc([N+](=O)[O-])cc1)NCCc1ccc(Cl)nc1.I. The highest BCUT2D eigenvalue weighted by Gasteiger charge is 2.04. The van der Waals surface area contributed by atoms with Gasteiger partial charge in [-0.05, 0) is 42.9 Å². The standard InChI is InChI=1S/C19H24ClN5O2.HI/c1-21-19(23-13-11-16-7-10-18(20)24-14-16)22-12-3-2-4-15-5-8-17(9-6-15)25(26)27;/h5-10,14H,2-4,11-13H2,1H3,(H2,21,22,23);1H. The van der Waals surface area contributed by atoms with Crippen LogP contribution in [0.3, 0.4) is 0 Å². The predicted octanol–water partition coefficient (Wildman–Crippen LogP) is 3.99. The largest absolute Gasteiger partial charge is 0.356 e. The molecule has 28 heavy (non-hydrogen) atoms. The quantitative estimate of drug-likeness (QED) is 0.0998. The summed E-state index contributed by atoms with van der Waals surface area (Å²) in [4.78, 5) is 18.5. The first-order chi connectivity index (χ1) is 13.1. The summed E-state index contributed by atoms with van der Waals surface area (Å²) in [5.74, 6) is 0.771. The molecule has 1 aromatic carbocycles. The number of nitro benzene ring substituents is 1. The van der Waals surface area contributed by atoms with E-state index in [0.717, 1.165) is 55.9 Å². The second kappa shape index (κ2) is 13.3. The van der Waals surface area contributed by atoms with E-state index in [4.69, 9.17) is 11.6 Å². The van der Waals surface area contributed by atoms with E-state index >= 15 is 0 Å². The zero-order valence-corrected chi connectivity index (χ0v) is 18.8. The van der Waals surface area contributed by atoms with Gasteiger partial charge in [-0.2, -0.15) is 0 Å². The fourth-order valence-corrected chi connectivity index (χ4v) is 2.66. The minimum Gasteiger partial charge on any atom is -0.356 e. The lowest BCUT2D eigenvalue weighted by molar-refractivity contribution is -0.384. The summed E-state index contributed by atoms with van der Waals surface area (Å²) < 4.78 is 0. The third-order valence-corrected chi connectivity index (χ3v) is 4.27. The molecule has 0 saturated carbocycles. The van der Waals surface area contributed by atoms with Crippen molar-refractivity contribution in [2.24, 2.45) is 4.99 Å². The van der Waals surface area contributed by atoms with Crippen molar-refractivity contribution in [3.05, 3.63) is 69.0 Å². The van der Waals surface area contributed by atoms with Gasteiger partial charge in [-0.1, -0.05) is 29.8 Å². The van der Waals surface area contributed by atoms with Crippen molar-refractivity contribution in [2.75, 3.05) is 20.1 Å². The van der Waals surface area contributed by atoms with Crippen molar-refractivity contribution in [2.45, 2.75) is 25.7 Å². The molecule has 1 heterocycles. The van der Waals surface area contributed by atoms with E-state index < -0.39 is 0 Å². The highest BCUT2D eigenvalue weighted by molar-refractivity contribution is 14.0. The van der Waals surface area contributed by atoms with Gasteiger partial charge in [0.2, 0.25) is 0 Å². The molecule has 2 N–H and O–H groups in total. The zero-order chi connectivity index (χ0) is 19.5. The average molecular weight is 518 g/mol. The van der Waals surface area contributed by atoms with Gasteiger partial charge in [0.05, 0.1) is 4.92 Å². The number of nitro groups is 1. The zero-order valence-electron chi connectivity index (χ0n) is 15.7. The van der Waals surface area contributed by atoms with E-state index in [-0.39, 0.29) is 34.6 Å². The number of hydrogen-bond acceptors (Lipinski definition) is 4. The Kier molecular flexibility index (Phi) is 11.4. The second-order valence-electron chi connectivity index (χ2n) is 6.05. The molecule has 0 spiro atoms. The van der Waals surface area contributed by atoms with E-state index in [1.54, 1.807) is 31.4 Å². The molecule has 2 aromatic rings. The molecule has 0 radical (unpaired) electrons. The maximum Gasteiger partial charge on any atom is 0.269 e. The molecule has 0 atom stereocenters. The Hall–Kier alpha value is -1.94. The van der Waals surface area contributed by atoms with Crippen molar-refractivity contribution in [1.82, 2.24) is 15.6 Å². The maximum absolute atomic E-state index is 10.6. The topological polar surface area (TPSA) is 92.5 Å². The lowest BCUT2D eigenvalue weighted by atomic mass is 10.1. The Morgan fingerprint density at radius 2 is 1.75 bits per heavy atom. The number of aliphatic imine (C=N–C) groups is 1. The van der Waals surface area contributed by atoms with E-state index in [2.05, 4.69) is 20.6 Å². The van der Waals surface area contributed by atoms with Crippen molar-refractivity contribution >= 4 is 47.2 Å². The van der Waals surface area contributed by atoms with Crippen LogP contribution in [0, 0.1) is 10.1 Å². The highest BCUT2D eigenvalue weighted by Crippen LogP contribution is 2.13. The van der Waals surface area contributed by atoms with Gasteiger partial charge in [-0.15, -0.1) is 24.0 Å². The number of hydrogen-bond donors (Lipinski definition) is 2. The van der Waals surface area contributed by atoms with Gasteiger partial charge >= 0.3 is 0 Å². The summed E-state index contributed by atoms with van der Waals surface area (Å²) in [5, 5.41) is 17.7. The van der Waals surface area contributed by atoms with E-state index in [1.165, 1.54) is 0 Å². The maximum atomic E-state index is 10.6. The smallest absolute Gasteiger partial charge is 0.269 e. The number of unbranched alkanes of at least 4 members (excludes halogenated alkanes) is 1. The first kappa shape index (κ1) is 24.1. The lowest BCUT2D eigenvalue weighted by Gasteiger charge is -2.11. The molecular formula is C19H25ClIN5O2.